The molecule has 0 unspecified atom stereocenters. The van der Waals surface area contributed by atoms with Crippen LogP contribution in [0.1, 0.15) is 16.7 Å². The average Bonchev–Trinajstić information content (AvgIpc) is 3.06. The number of rotatable bonds is 6. The van der Waals surface area contributed by atoms with Gasteiger partial charge < -0.3 is 0 Å². The lowest BCUT2D eigenvalue weighted by Crippen LogP contribution is -2.25. The second kappa shape index (κ2) is 7.72. The summed E-state index contributed by atoms with van der Waals surface area (Å²) in [6.45, 7) is -0.0123. The van der Waals surface area contributed by atoms with Crippen molar-refractivity contribution in [1.29, 1.82) is 0 Å². The first-order chi connectivity index (χ1) is 13.1. The molecule has 3 aromatic rings. The smallest absolute Gasteiger partial charge is 0.275 e. The first-order valence-corrected chi connectivity index (χ1v) is 9.85. The molecule has 1 aromatic carbocycles. The minimum Gasteiger partial charge on any atom is -0.275 e. The van der Waals surface area contributed by atoms with Crippen molar-refractivity contribution >= 4 is 10.0 Å². The number of halogens is 3. The molecule has 0 saturated carbocycles. The van der Waals surface area contributed by atoms with E-state index < -0.39 is 27.5 Å². The zero-order chi connectivity index (χ0) is 20.4. The summed E-state index contributed by atoms with van der Waals surface area (Å²) in [4.78, 5) is 4.27. The quantitative estimate of drug-likeness (QED) is 0.678. The molecule has 148 valence electrons. The van der Waals surface area contributed by atoms with Gasteiger partial charge in [-0.05, 0) is 23.3 Å². The number of alkyl halides is 3. The minimum atomic E-state index is -4.52. The van der Waals surface area contributed by atoms with Crippen molar-refractivity contribution in [3.8, 4) is 11.3 Å². The van der Waals surface area contributed by atoms with Crippen molar-refractivity contribution < 1.29 is 21.6 Å². The van der Waals surface area contributed by atoms with E-state index in [1.165, 1.54) is 18.3 Å². The summed E-state index contributed by atoms with van der Waals surface area (Å²) in [6, 6.07) is 7.74. The van der Waals surface area contributed by atoms with Crippen molar-refractivity contribution in [3.63, 3.8) is 0 Å². The number of pyridine rings is 1. The lowest BCUT2D eigenvalue weighted by atomic mass is 10.1. The molecule has 0 atom stereocenters. The van der Waals surface area contributed by atoms with Crippen LogP contribution in [0.15, 0.2) is 55.0 Å². The third-order valence-electron chi connectivity index (χ3n) is 3.93. The molecule has 2 heterocycles. The van der Waals surface area contributed by atoms with Crippen LogP contribution >= 0.6 is 0 Å². The van der Waals surface area contributed by atoms with Crippen molar-refractivity contribution in [1.82, 2.24) is 19.5 Å². The lowest BCUT2D eigenvalue weighted by molar-refractivity contribution is -0.137. The summed E-state index contributed by atoms with van der Waals surface area (Å²) in [5.74, 6) is -0.544. The van der Waals surface area contributed by atoms with Gasteiger partial charge in [-0.2, -0.15) is 18.3 Å². The Morgan fingerprint density at radius 1 is 1.11 bits per heavy atom. The molecule has 10 heteroatoms. The highest BCUT2D eigenvalue weighted by molar-refractivity contribution is 7.88. The fraction of sp³-hybridized carbons (Fsp3) is 0.222. The Morgan fingerprint density at radius 3 is 2.50 bits per heavy atom. The number of hydrogen-bond donors (Lipinski definition) is 1. The largest absolute Gasteiger partial charge is 0.416 e. The highest BCUT2D eigenvalue weighted by atomic mass is 32.2. The molecule has 0 aliphatic heterocycles. The van der Waals surface area contributed by atoms with Gasteiger partial charge in [0, 0.05) is 31.5 Å². The Labute approximate surface area is 160 Å². The van der Waals surface area contributed by atoms with E-state index in [1.54, 1.807) is 36.3 Å². The zero-order valence-electron chi connectivity index (χ0n) is 14.8. The Kier molecular flexibility index (Phi) is 5.52. The highest BCUT2D eigenvalue weighted by Crippen LogP contribution is 2.29. The van der Waals surface area contributed by atoms with Crippen LogP contribution in [0.4, 0.5) is 13.2 Å². The Balaban J connectivity index is 1.63. The van der Waals surface area contributed by atoms with E-state index in [4.69, 9.17) is 0 Å². The fourth-order valence-corrected chi connectivity index (χ4v) is 3.66. The lowest BCUT2D eigenvalue weighted by Gasteiger charge is -2.10. The van der Waals surface area contributed by atoms with Crippen LogP contribution in [0.3, 0.4) is 0 Å². The van der Waals surface area contributed by atoms with Crippen LogP contribution in [-0.4, -0.2) is 23.2 Å². The average molecular weight is 410 g/mol. The number of nitrogens with one attached hydrogen (secondary N) is 1. The van der Waals surface area contributed by atoms with Crippen LogP contribution < -0.4 is 4.72 Å². The zero-order valence-corrected chi connectivity index (χ0v) is 15.6. The van der Waals surface area contributed by atoms with Gasteiger partial charge in [0.2, 0.25) is 10.0 Å². The maximum absolute atomic E-state index is 12.7. The third kappa shape index (κ3) is 5.17. The van der Waals surface area contributed by atoms with Gasteiger partial charge in [0.25, 0.3) is 0 Å². The van der Waals surface area contributed by atoms with Gasteiger partial charge in [0.15, 0.2) is 0 Å². The van der Waals surface area contributed by atoms with E-state index in [1.807, 2.05) is 0 Å². The Hall–Kier alpha value is -2.72. The van der Waals surface area contributed by atoms with Gasteiger partial charge in [-0.3, -0.25) is 9.67 Å². The van der Waals surface area contributed by atoms with Gasteiger partial charge in [-0.15, -0.1) is 0 Å². The van der Waals surface area contributed by atoms with Crippen molar-refractivity contribution in [2.45, 2.75) is 18.5 Å². The van der Waals surface area contributed by atoms with E-state index in [0.717, 1.165) is 17.7 Å². The second-order valence-electron chi connectivity index (χ2n) is 6.23. The summed E-state index contributed by atoms with van der Waals surface area (Å²) in [6.07, 6.45) is 0.490. The molecule has 0 saturated heterocycles. The molecule has 0 fully saturated rings. The van der Waals surface area contributed by atoms with Gasteiger partial charge in [0.05, 0.1) is 23.2 Å². The highest BCUT2D eigenvalue weighted by Gasteiger charge is 2.30. The molecule has 6 nitrogen and oxygen atoms in total. The number of aromatic nitrogens is 3. The fourth-order valence-electron chi connectivity index (χ4n) is 2.55. The molecule has 2 aromatic heterocycles. The maximum atomic E-state index is 12.7. The van der Waals surface area contributed by atoms with Crippen LogP contribution in [-0.2, 0) is 35.5 Å². The van der Waals surface area contributed by atoms with Crippen molar-refractivity contribution in [2.75, 3.05) is 0 Å². The molecule has 0 aliphatic carbocycles. The Morgan fingerprint density at radius 2 is 1.89 bits per heavy atom. The topological polar surface area (TPSA) is 76.9 Å². The van der Waals surface area contributed by atoms with E-state index in [2.05, 4.69) is 14.8 Å². The van der Waals surface area contributed by atoms with E-state index in [9.17, 15) is 21.6 Å². The molecule has 1 N–H and O–H groups in total. The number of hydrogen-bond acceptors (Lipinski definition) is 4. The molecule has 0 amide bonds. The summed E-state index contributed by atoms with van der Waals surface area (Å²) in [5, 5.41) is 4.06. The third-order valence-corrected chi connectivity index (χ3v) is 5.23. The molecule has 0 aliphatic rings. The maximum Gasteiger partial charge on any atom is 0.416 e. The van der Waals surface area contributed by atoms with E-state index >= 15 is 0 Å². The van der Waals surface area contributed by atoms with Gasteiger partial charge in [0.1, 0.15) is 0 Å². The molecular weight excluding hydrogens is 393 g/mol. The molecular formula is C18H17F3N4O2S. The summed E-state index contributed by atoms with van der Waals surface area (Å²) in [5.41, 5.74) is 1.34. The van der Waals surface area contributed by atoms with Gasteiger partial charge in [-0.25, -0.2) is 13.1 Å². The van der Waals surface area contributed by atoms with Crippen LogP contribution in [0.5, 0.6) is 0 Å². The normalized spacial score (nSPS) is 12.3. The first kappa shape index (κ1) is 20.0. The molecule has 3 rings (SSSR count). The number of aryl methyl sites for hydroxylation is 1. The predicted molar refractivity (Wildman–Crippen MR) is 97.3 cm³/mol. The molecule has 0 bridgehead atoms. The molecule has 0 radical (unpaired) electrons. The summed E-state index contributed by atoms with van der Waals surface area (Å²) in [7, 11) is -2.02. The van der Waals surface area contributed by atoms with Gasteiger partial charge in [-0.1, -0.05) is 24.3 Å². The summed E-state index contributed by atoms with van der Waals surface area (Å²) >= 11 is 0. The van der Waals surface area contributed by atoms with E-state index in [-0.39, 0.29) is 12.1 Å². The Bertz CT molecular complexity index is 1060. The SMILES string of the molecule is Cn1cc(-c2ccc(CNS(=O)(=O)Cc3cccc(C(F)(F)F)c3)cn2)cn1. The first-order valence-electron chi connectivity index (χ1n) is 8.20. The van der Waals surface area contributed by atoms with Crippen molar-refractivity contribution in [2.24, 2.45) is 7.05 Å². The minimum absolute atomic E-state index is 0.0123. The van der Waals surface area contributed by atoms with Crippen molar-refractivity contribution in [3.05, 3.63) is 71.7 Å². The number of benzene rings is 1. The summed E-state index contributed by atoms with van der Waals surface area (Å²) < 4.78 is 66.7. The molecule has 28 heavy (non-hydrogen) atoms. The second-order valence-corrected chi connectivity index (χ2v) is 8.04. The van der Waals surface area contributed by atoms with Gasteiger partial charge >= 0.3 is 6.18 Å². The van der Waals surface area contributed by atoms with Crippen LogP contribution in [0.2, 0.25) is 0 Å². The van der Waals surface area contributed by atoms with E-state index in [0.29, 0.717) is 11.3 Å². The number of nitrogens with zero attached hydrogens (tertiary/aromatic N) is 3. The monoisotopic (exact) mass is 410 g/mol. The van der Waals surface area contributed by atoms with Crippen LogP contribution in [0.25, 0.3) is 11.3 Å². The standard InChI is InChI=1S/C18H17F3N4O2S/c1-25-11-15(10-23-25)17-6-5-14(8-22-17)9-24-28(26,27)12-13-3-2-4-16(7-13)18(19,20)21/h2-8,10-11,24H,9,12H2,1H3. The number of sulfonamides is 1. The molecule has 0 spiro atoms. The van der Waals surface area contributed by atoms with Crippen LogP contribution in [0, 0.1) is 0 Å². The predicted octanol–water partition coefficient (Wildman–Crippen LogP) is 3.12.